The number of anilines is 2. The summed E-state index contributed by atoms with van der Waals surface area (Å²) in [4.78, 5) is 25.7. The van der Waals surface area contributed by atoms with Gasteiger partial charge in [-0.1, -0.05) is 11.6 Å². The molecule has 30 heavy (non-hydrogen) atoms. The number of fused-ring (bicyclic) bond motifs is 1. The second kappa shape index (κ2) is 8.53. The number of nitrogens with one attached hydrogen (secondary N) is 1. The fourth-order valence-electron chi connectivity index (χ4n) is 3.16. The van der Waals surface area contributed by atoms with Crippen LogP contribution in [0.15, 0.2) is 35.2 Å². The second-order valence-electron chi connectivity index (χ2n) is 6.72. The summed E-state index contributed by atoms with van der Waals surface area (Å²) in [5.41, 5.74) is 1.66. The van der Waals surface area contributed by atoms with Gasteiger partial charge >= 0.3 is 0 Å². The van der Waals surface area contributed by atoms with Crippen LogP contribution in [0.2, 0.25) is 5.02 Å². The summed E-state index contributed by atoms with van der Waals surface area (Å²) in [5, 5.41) is 2.89. The molecule has 0 atom stereocenters. The van der Waals surface area contributed by atoms with E-state index in [9.17, 15) is 18.0 Å². The van der Waals surface area contributed by atoms with Gasteiger partial charge in [0, 0.05) is 25.2 Å². The van der Waals surface area contributed by atoms with E-state index in [1.54, 1.807) is 13.1 Å². The number of hydrogen-bond acceptors (Lipinski definition) is 6. The zero-order chi connectivity index (χ0) is 22.1. The van der Waals surface area contributed by atoms with Gasteiger partial charge in [-0.2, -0.15) is 0 Å². The third-order valence-electron chi connectivity index (χ3n) is 4.83. The minimum absolute atomic E-state index is 0.0854. The topological polar surface area (TPSA) is 102 Å². The summed E-state index contributed by atoms with van der Waals surface area (Å²) >= 11 is 6.08. The predicted octanol–water partition coefficient (Wildman–Crippen LogP) is 2.68. The fraction of sp³-hybridized carbons (Fsp3) is 0.300. The van der Waals surface area contributed by atoms with Crippen molar-refractivity contribution in [1.82, 2.24) is 0 Å². The molecule has 8 nitrogen and oxygen atoms in total. The molecular formula is C20H21ClN2O6S. The van der Waals surface area contributed by atoms with Gasteiger partial charge in [0.25, 0.3) is 0 Å². The van der Waals surface area contributed by atoms with E-state index in [1.807, 2.05) is 0 Å². The molecule has 160 valence electrons. The largest absolute Gasteiger partial charge is 0.495 e. The van der Waals surface area contributed by atoms with Crippen molar-refractivity contribution >= 4 is 44.6 Å². The van der Waals surface area contributed by atoms with Crippen LogP contribution in [0.5, 0.6) is 11.5 Å². The monoisotopic (exact) mass is 452 g/mol. The Hall–Kier alpha value is -2.78. The number of likely N-dealkylation sites (N-methyl/N-ethyl adjacent to an activating group) is 1. The average Bonchev–Trinajstić information content (AvgIpc) is 3.00. The van der Waals surface area contributed by atoms with E-state index >= 15 is 0 Å². The molecule has 1 N–H and O–H groups in total. The first-order chi connectivity index (χ1) is 14.2. The molecule has 2 amide bonds. The van der Waals surface area contributed by atoms with E-state index in [1.165, 1.54) is 43.4 Å². The minimum atomic E-state index is -3.71. The lowest BCUT2D eigenvalue weighted by Crippen LogP contribution is -2.20. The van der Waals surface area contributed by atoms with Gasteiger partial charge < -0.3 is 19.7 Å². The molecule has 0 saturated carbocycles. The molecule has 10 heteroatoms. The number of methoxy groups -OCH3 is 2. The maximum atomic E-state index is 12.7. The number of carbonyl (C=O) groups excluding carboxylic acids is 2. The summed E-state index contributed by atoms with van der Waals surface area (Å²) in [5.74, 6) is -0.261. The van der Waals surface area contributed by atoms with Gasteiger partial charge in [0.1, 0.15) is 11.5 Å². The van der Waals surface area contributed by atoms with Gasteiger partial charge in [-0.05, 0) is 29.8 Å². The quantitative estimate of drug-likeness (QED) is 0.693. The van der Waals surface area contributed by atoms with Gasteiger partial charge in [-0.3, -0.25) is 9.59 Å². The Morgan fingerprint density at radius 1 is 1.17 bits per heavy atom. The first kappa shape index (κ1) is 21.9. The molecule has 0 unspecified atom stereocenters. The maximum absolute atomic E-state index is 12.7. The Kier molecular flexibility index (Phi) is 6.23. The summed E-state index contributed by atoms with van der Waals surface area (Å²) < 4.78 is 35.7. The highest BCUT2D eigenvalue weighted by Gasteiger charge is 2.26. The molecule has 3 rings (SSSR count). The smallest absolute Gasteiger partial charge is 0.231 e. The molecule has 0 bridgehead atoms. The number of halogens is 1. The van der Waals surface area contributed by atoms with E-state index in [2.05, 4.69) is 5.32 Å². The van der Waals surface area contributed by atoms with Crippen molar-refractivity contribution in [3.05, 3.63) is 40.9 Å². The lowest BCUT2D eigenvalue weighted by Gasteiger charge is -2.13. The van der Waals surface area contributed by atoms with Crippen molar-refractivity contribution < 1.29 is 27.5 Å². The molecule has 2 aromatic carbocycles. The van der Waals surface area contributed by atoms with Gasteiger partial charge in [-0.15, -0.1) is 0 Å². The number of nitrogens with zero attached hydrogens (tertiary/aromatic N) is 1. The molecule has 1 aliphatic heterocycles. The van der Waals surface area contributed by atoms with Crippen LogP contribution < -0.4 is 19.7 Å². The summed E-state index contributed by atoms with van der Waals surface area (Å²) in [6.07, 6.45) is -0.0985. The van der Waals surface area contributed by atoms with Crippen LogP contribution >= 0.6 is 11.6 Å². The van der Waals surface area contributed by atoms with Crippen LogP contribution in [0.3, 0.4) is 0 Å². The first-order valence-corrected chi connectivity index (χ1v) is 11.0. The number of sulfone groups is 1. The number of benzene rings is 2. The molecular weight excluding hydrogens is 432 g/mol. The molecule has 0 saturated heterocycles. The Morgan fingerprint density at radius 3 is 2.53 bits per heavy atom. The standard InChI is InChI=1S/C20H21ClN2O6S/c1-23-16-5-4-13(8-12(16)9-20(23)25)30(26,27)7-6-19(24)22-15-10-14(21)17(28-2)11-18(15)29-3/h4-5,8,10-11H,6-7,9H2,1-3H3,(H,22,24). The van der Waals surface area contributed by atoms with Crippen LogP contribution in [0, 0.1) is 0 Å². The number of hydrogen-bond donors (Lipinski definition) is 1. The predicted molar refractivity (Wildman–Crippen MR) is 113 cm³/mol. The zero-order valence-corrected chi connectivity index (χ0v) is 18.3. The Labute approximate surface area is 179 Å². The van der Waals surface area contributed by atoms with E-state index < -0.39 is 15.7 Å². The highest BCUT2D eigenvalue weighted by molar-refractivity contribution is 7.91. The van der Waals surface area contributed by atoms with Crippen molar-refractivity contribution in [3.63, 3.8) is 0 Å². The van der Waals surface area contributed by atoms with Crippen LogP contribution in [0.4, 0.5) is 11.4 Å². The van der Waals surface area contributed by atoms with Crippen molar-refractivity contribution in [2.24, 2.45) is 0 Å². The summed E-state index contributed by atoms with van der Waals surface area (Å²) in [7, 11) is 0.823. The number of carbonyl (C=O) groups is 2. The minimum Gasteiger partial charge on any atom is -0.495 e. The Bertz CT molecular complexity index is 1120. The number of rotatable bonds is 7. The lowest BCUT2D eigenvalue weighted by atomic mass is 10.2. The first-order valence-electron chi connectivity index (χ1n) is 9.00. The van der Waals surface area contributed by atoms with Crippen molar-refractivity contribution in [1.29, 1.82) is 0 Å². The molecule has 1 heterocycles. The molecule has 1 aliphatic rings. The average molecular weight is 453 g/mol. The molecule has 0 aromatic heterocycles. The molecule has 2 aromatic rings. The van der Waals surface area contributed by atoms with Gasteiger partial charge in [0.05, 0.1) is 42.0 Å². The third kappa shape index (κ3) is 4.36. The SMILES string of the molecule is COc1cc(OC)c(NC(=O)CCS(=O)(=O)c2ccc3c(c2)CC(=O)N3C)cc1Cl. The number of ether oxygens (including phenoxy) is 2. The highest BCUT2D eigenvalue weighted by Crippen LogP contribution is 2.36. The van der Waals surface area contributed by atoms with Crippen molar-refractivity contribution in [2.45, 2.75) is 17.7 Å². The molecule has 0 fully saturated rings. The van der Waals surface area contributed by atoms with Gasteiger partial charge in [-0.25, -0.2) is 8.42 Å². The van der Waals surface area contributed by atoms with Crippen LogP contribution in [-0.2, 0) is 25.8 Å². The number of amides is 2. The maximum Gasteiger partial charge on any atom is 0.231 e. The van der Waals surface area contributed by atoms with Crippen LogP contribution in [0.25, 0.3) is 0 Å². The summed E-state index contributed by atoms with van der Waals surface area (Å²) in [6.45, 7) is 0. The van der Waals surface area contributed by atoms with E-state index in [4.69, 9.17) is 21.1 Å². The van der Waals surface area contributed by atoms with Crippen molar-refractivity contribution in [3.8, 4) is 11.5 Å². The second-order valence-corrected chi connectivity index (χ2v) is 9.24. The van der Waals surface area contributed by atoms with Gasteiger partial charge in [0.2, 0.25) is 11.8 Å². The lowest BCUT2D eigenvalue weighted by molar-refractivity contribution is -0.117. The Morgan fingerprint density at radius 2 is 1.87 bits per heavy atom. The molecule has 0 radical (unpaired) electrons. The van der Waals surface area contributed by atoms with E-state index in [-0.39, 0.29) is 34.4 Å². The zero-order valence-electron chi connectivity index (χ0n) is 16.7. The highest BCUT2D eigenvalue weighted by atomic mass is 35.5. The van der Waals surface area contributed by atoms with Crippen LogP contribution in [0.1, 0.15) is 12.0 Å². The van der Waals surface area contributed by atoms with E-state index in [0.29, 0.717) is 28.4 Å². The van der Waals surface area contributed by atoms with Crippen LogP contribution in [-0.4, -0.2) is 47.3 Å². The third-order valence-corrected chi connectivity index (χ3v) is 6.84. The summed E-state index contributed by atoms with van der Waals surface area (Å²) in [6, 6.07) is 7.55. The van der Waals surface area contributed by atoms with Crippen molar-refractivity contribution in [2.75, 3.05) is 37.2 Å². The Balaban J connectivity index is 1.70. The fourth-order valence-corrected chi connectivity index (χ4v) is 4.68. The normalized spacial score (nSPS) is 13.2. The molecule has 0 aliphatic carbocycles. The van der Waals surface area contributed by atoms with E-state index in [0.717, 1.165) is 0 Å². The van der Waals surface area contributed by atoms with Gasteiger partial charge in [0.15, 0.2) is 9.84 Å². The molecule has 0 spiro atoms.